The molecule has 0 aliphatic heterocycles. The van der Waals surface area contributed by atoms with E-state index in [-0.39, 0.29) is 51.6 Å². The van der Waals surface area contributed by atoms with Crippen LogP contribution in [-0.4, -0.2) is 35.4 Å². The van der Waals surface area contributed by atoms with Crippen molar-refractivity contribution in [3.05, 3.63) is 70.5 Å². The molecule has 51 heavy (non-hydrogen) atoms. The minimum absolute atomic E-state index is 0.00613. The highest BCUT2D eigenvalue weighted by Gasteiger charge is 2.67. The molecule has 5 aliphatic rings. The maximum absolute atomic E-state index is 14.8. The van der Waals surface area contributed by atoms with Gasteiger partial charge in [0.25, 0.3) is 5.91 Å². The molecule has 6 nitrogen and oxygen atoms in total. The first kappa shape index (κ1) is 36.3. The average molecular weight is 699 g/mol. The van der Waals surface area contributed by atoms with Crippen LogP contribution in [0.2, 0.25) is 0 Å². The lowest BCUT2D eigenvalue weighted by Crippen LogP contribution is -2.63. The van der Waals surface area contributed by atoms with Crippen molar-refractivity contribution < 1.29 is 23.9 Å². The number of carbonyl (C=O) groups is 3. The van der Waals surface area contributed by atoms with Gasteiger partial charge in [-0.3, -0.25) is 14.4 Å². The lowest BCUT2D eigenvalue weighted by molar-refractivity contribution is -0.214. The third-order valence-electron chi connectivity index (χ3n) is 15.7. The Morgan fingerprint density at radius 3 is 2.25 bits per heavy atom. The zero-order chi connectivity index (χ0) is 36.3. The van der Waals surface area contributed by atoms with Crippen LogP contribution in [0, 0.1) is 57.1 Å². The Kier molecular flexibility index (Phi) is 9.55. The summed E-state index contributed by atoms with van der Waals surface area (Å²) in [5.74, 6) is 1.93. The molecule has 9 unspecified atom stereocenters. The van der Waals surface area contributed by atoms with Gasteiger partial charge in [-0.15, -0.1) is 0 Å². The van der Waals surface area contributed by atoms with Crippen molar-refractivity contribution in [2.24, 2.45) is 51.2 Å². The van der Waals surface area contributed by atoms with Gasteiger partial charge in [0.2, 0.25) is 5.91 Å². The van der Waals surface area contributed by atoms with E-state index in [1.165, 1.54) is 38.7 Å². The van der Waals surface area contributed by atoms with Crippen LogP contribution in [0.3, 0.4) is 0 Å². The van der Waals surface area contributed by atoms with Gasteiger partial charge >= 0.3 is 0 Å². The smallest absolute Gasteiger partial charge is 0.254 e. The number of amides is 2. The van der Waals surface area contributed by atoms with Crippen molar-refractivity contribution in [1.29, 1.82) is 0 Å². The Balaban J connectivity index is 0.993. The molecular formula is C44H59FN2O4. The Labute approximate surface area is 304 Å². The number of Topliss-reactive ketones (excluding diaryl/α,β-unsaturated/α-hetero) is 1. The van der Waals surface area contributed by atoms with Gasteiger partial charge in [-0.05, 0) is 147 Å². The zero-order valence-electron chi connectivity index (χ0n) is 31.5. The second-order valence-electron chi connectivity index (χ2n) is 18.3. The fourth-order valence-corrected chi connectivity index (χ4v) is 13.1. The molecular weight excluding hydrogens is 639 g/mol. The number of halogens is 1. The number of nitrogens with one attached hydrogen (secondary N) is 2. The number of carbonyl (C=O) groups excluding carboxylic acids is 3. The first-order valence-electron chi connectivity index (χ1n) is 19.8. The Morgan fingerprint density at radius 2 is 1.51 bits per heavy atom. The normalized spacial score (nSPS) is 36.5. The van der Waals surface area contributed by atoms with Crippen molar-refractivity contribution in [3.63, 3.8) is 0 Å². The summed E-state index contributed by atoms with van der Waals surface area (Å²) in [5.41, 5.74) is 2.48. The first-order chi connectivity index (χ1) is 24.2. The molecule has 7 heteroatoms. The summed E-state index contributed by atoms with van der Waals surface area (Å²) < 4.78 is 14.8. The van der Waals surface area contributed by atoms with Crippen LogP contribution in [-0.2, 0) is 17.8 Å². The van der Waals surface area contributed by atoms with Gasteiger partial charge in [0, 0.05) is 18.7 Å². The topological polar surface area (TPSA) is 95.5 Å². The maximum Gasteiger partial charge on any atom is 0.254 e. The molecule has 2 amide bonds. The van der Waals surface area contributed by atoms with E-state index in [9.17, 15) is 23.9 Å². The van der Waals surface area contributed by atoms with Crippen LogP contribution >= 0.6 is 0 Å². The number of aliphatic hydroxyl groups is 1. The summed E-state index contributed by atoms with van der Waals surface area (Å²) in [4.78, 5) is 38.8. The number of benzene rings is 2. The number of ketones is 1. The van der Waals surface area contributed by atoms with E-state index in [1.807, 2.05) is 12.1 Å². The van der Waals surface area contributed by atoms with Crippen molar-refractivity contribution in [1.82, 2.24) is 10.6 Å². The van der Waals surface area contributed by atoms with E-state index >= 15 is 0 Å². The largest absolute Gasteiger partial charge is 0.393 e. The van der Waals surface area contributed by atoms with Gasteiger partial charge in [-0.25, -0.2) is 4.39 Å². The highest BCUT2D eigenvalue weighted by molar-refractivity contribution is 5.95. The molecule has 7 rings (SSSR count). The van der Waals surface area contributed by atoms with Gasteiger partial charge in [-0.2, -0.15) is 0 Å². The molecule has 5 saturated carbocycles. The summed E-state index contributed by atoms with van der Waals surface area (Å²) in [6, 6.07) is 11.8. The highest BCUT2D eigenvalue weighted by atomic mass is 19.1. The lowest BCUT2D eigenvalue weighted by atomic mass is 9.36. The van der Waals surface area contributed by atoms with Gasteiger partial charge in [-0.1, -0.05) is 64.4 Å². The van der Waals surface area contributed by atoms with Crippen LogP contribution in [0.15, 0.2) is 42.5 Å². The second-order valence-corrected chi connectivity index (χ2v) is 18.3. The summed E-state index contributed by atoms with van der Waals surface area (Å²) in [6.07, 6.45) is 12.4. The SMILES string of the molecule is CC(=O)c1ccc(CCNC(=O)c2cc(CNC(=O)C34CCCC3C3CCC5C(C)(CCC6C(C)(C)C(O)CCC65C)C3CC4)ccc2F)cc1. The molecule has 0 aromatic heterocycles. The van der Waals surface area contributed by atoms with E-state index in [2.05, 4.69) is 38.3 Å². The van der Waals surface area contributed by atoms with Crippen LogP contribution < -0.4 is 10.6 Å². The summed E-state index contributed by atoms with van der Waals surface area (Å²) in [6.45, 7) is 11.9. The Morgan fingerprint density at radius 1 is 0.784 bits per heavy atom. The van der Waals surface area contributed by atoms with Crippen molar-refractivity contribution in [2.45, 2.75) is 124 Å². The van der Waals surface area contributed by atoms with Crippen LogP contribution in [0.4, 0.5) is 4.39 Å². The molecule has 0 radical (unpaired) electrons. The third kappa shape index (κ3) is 6.07. The molecule has 2 aromatic carbocycles. The van der Waals surface area contributed by atoms with E-state index in [4.69, 9.17) is 0 Å². The fourth-order valence-electron chi connectivity index (χ4n) is 13.1. The first-order valence-corrected chi connectivity index (χ1v) is 19.8. The van der Waals surface area contributed by atoms with Crippen molar-refractivity contribution in [2.75, 3.05) is 6.54 Å². The van der Waals surface area contributed by atoms with Gasteiger partial charge in [0.15, 0.2) is 5.78 Å². The van der Waals surface area contributed by atoms with Crippen LogP contribution in [0.5, 0.6) is 0 Å². The van der Waals surface area contributed by atoms with Gasteiger partial charge < -0.3 is 15.7 Å². The van der Waals surface area contributed by atoms with E-state index < -0.39 is 11.7 Å². The van der Waals surface area contributed by atoms with Crippen molar-refractivity contribution in [3.8, 4) is 0 Å². The highest BCUT2D eigenvalue weighted by Crippen LogP contribution is 2.73. The minimum Gasteiger partial charge on any atom is -0.393 e. The molecule has 276 valence electrons. The summed E-state index contributed by atoms with van der Waals surface area (Å²) in [5, 5.41) is 17.1. The second kappa shape index (κ2) is 13.4. The standard InChI is InChI=1S/C44H59FN2O4/c1-27(48)30-11-8-28(9-12-30)19-24-46-39(50)32-25-29(10-14-35(32)45)26-47-40(51)44-20-6-7-34(44)31-13-15-37-42(4,33(31)16-23-44)21-17-36-41(2,3)38(49)18-22-43(36,37)5/h8-12,14,25,31,33-34,36-38,49H,6-7,13,15-24,26H2,1-5H3,(H,46,50)(H,47,51). The molecule has 3 N–H and O–H groups in total. The molecule has 0 bridgehead atoms. The summed E-state index contributed by atoms with van der Waals surface area (Å²) in [7, 11) is 0. The molecule has 9 atom stereocenters. The molecule has 0 heterocycles. The predicted molar refractivity (Wildman–Crippen MR) is 197 cm³/mol. The van der Waals surface area contributed by atoms with Crippen molar-refractivity contribution >= 4 is 17.6 Å². The maximum atomic E-state index is 14.8. The molecule has 5 fully saturated rings. The van der Waals surface area contributed by atoms with E-state index in [0.717, 1.165) is 50.5 Å². The molecule has 5 aliphatic carbocycles. The van der Waals surface area contributed by atoms with Crippen LogP contribution in [0.25, 0.3) is 0 Å². The lowest BCUT2D eigenvalue weighted by Gasteiger charge is -2.69. The van der Waals surface area contributed by atoms with Gasteiger partial charge in [0.05, 0.1) is 17.1 Å². The Hall–Kier alpha value is -3.06. The molecule has 2 aromatic rings. The Bertz CT molecular complexity index is 1670. The zero-order valence-corrected chi connectivity index (χ0v) is 31.5. The fraction of sp³-hybridized carbons (Fsp3) is 0.659. The van der Waals surface area contributed by atoms with Gasteiger partial charge in [0.1, 0.15) is 5.82 Å². The van der Waals surface area contributed by atoms with E-state index in [1.54, 1.807) is 24.3 Å². The number of rotatable bonds is 8. The monoisotopic (exact) mass is 698 g/mol. The number of hydrogen-bond acceptors (Lipinski definition) is 4. The predicted octanol–water partition coefficient (Wildman–Crippen LogP) is 8.44. The number of hydrogen-bond donors (Lipinski definition) is 3. The number of aliphatic hydroxyl groups excluding tert-OH is 1. The molecule has 0 spiro atoms. The van der Waals surface area contributed by atoms with Crippen LogP contribution in [0.1, 0.15) is 137 Å². The quantitative estimate of drug-likeness (QED) is 0.241. The average Bonchev–Trinajstić information content (AvgIpc) is 3.56. The minimum atomic E-state index is -0.582. The third-order valence-corrected chi connectivity index (χ3v) is 15.7. The summed E-state index contributed by atoms with van der Waals surface area (Å²) >= 11 is 0. The van der Waals surface area contributed by atoms with E-state index in [0.29, 0.717) is 53.7 Å². The molecule has 0 saturated heterocycles. The number of fused-ring (bicyclic) bond motifs is 7.